The monoisotopic (exact) mass is 239 g/mol. The lowest BCUT2D eigenvalue weighted by molar-refractivity contribution is 0.397. The number of rotatable bonds is 3. The highest BCUT2D eigenvalue weighted by Crippen LogP contribution is 2.40. The fourth-order valence-electron chi connectivity index (χ4n) is 1.83. The van der Waals surface area contributed by atoms with Crippen molar-refractivity contribution in [2.45, 2.75) is 17.5 Å². The quantitative estimate of drug-likeness (QED) is 0.877. The van der Waals surface area contributed by atoms with Crippen molar-refractivity contribution >= 4 is 11.8 Å². The Labute approximate surface area is 101 Å². The molecule has 1 aromatic rings. The van der Waals surface area contributed by atoms with E-state index >= 15 is 0 Å². The molecule has 1 saturated heterocycles. The average Bonchev–Trinajstić information content (AvgIpc) is 2.75. The molecule has 1 fully saturated rings. The highest BCUT2D eigenvalue weighted by atomic mass is 32.2. The molecule has 1 aliphatic rings. The molecule has 1 heterocycles. The Balaban J connectivity index is 2.29. The predicted molar refractivity (Wildman–Crippen MR) is 67.3 cm³/mol. The lowest BCUT2D eigenvalue weighted by Gasteiger charge is -2.15. The molecule has 88 valence electrons. The van der Waals surface area contributed by atoms with Crippen molar-refractivity contribution in [3.63, 3.8) is 0 Å². The summed E-state index contributed by atoms with van der Waals surface area (Å²) < 4.78 is 10.6. The lowest BCUT2D eigenvalue weighted by Crippen LogP contribution is -2.14. The second-order valence-corrected chi connectivity index (χ2v) is 5.39. The smallest absolute Gasteiger partial charge is 0.124 e. The van der Waals surface area contributed by atoms with Crippen LogP contribution in [0, 0.1) is 0 Å². The molecule has 0 radical (unpaired) electrons. The van der Waals surface area contributed by atoms with E-state index in [0.717, 1.165) is 23.6 Å². The largest absolute Gasteiger partial charge is 0.497 e. The molecule has 0 aliphatic carbocycles. The second kappa shape index (κ2) is 4.97. The zero-order valence-electron chi connectivity index (χ0n) is 9.82. The minimum absolute atomic E-state index is 0.306. The van der Waals surface area contributed by atoms with Gasteiger partial charge in [0.1, 0.15) is 11.5 Å². The highest BCUT2D eigenvalue weighted by molar-refractivity contribution is 8.00. The van der Waals surface area contributed by atoms with Gasteiger partial charge in [0.05, 0.1) is 19.6 Å². The third-order valence-electron chi connectivity index (χ3n) is 2.68. The third-order valence-corrected chi connectivity index (χ3v) is 4.00. The van der Waals surface area contributed by atoms with Gasteiger partial charge in [-0.2, -0.15) is 0 Å². The van der Waals surface area contributed by atoms with E-state index in [1.807, 2.05) is 30.0 Å². The molecule has 0 bridgehead atoms. The maximum Gasteiger partial charge on any atom is 0.124 e. The Bertz CT molecular complexity index is 370. The van der Waals surface area contributed by atoms with Crippen molar-refractivity contribution in [2.75, 3.05) is 20.8 Å². The highest BCUT2D eigenvalue weighted by Gasteiger charge is 2.25. The lowest BCUT2D eigenvalue weighted by atomic mass is 10.2. The van der Waals surface area contributed by atoms with Crippen molar-refractivity contribution in [2.24, 2.45) is 0 Å². The molecule has 0 aromatic heterocycles. The van der Waals surface area contributed by atoms with E-state index in [-0.39, 0.29) is 0 Å². The van der Waals surface area contributed by atoms with Crippen LogP contribution in [0.4, 0.5) is 0 Å². The molecule has 1 aliphatic heterocycles. The van der Waals surface area contributed by atoms with Crippen LogP contribution in [-0.4, -0.2) is 26.0 Å². The Morgan fingerprint density at radius 3 is 2.69 bits per heavy atom. The van der Waals surface area contributed by atoms with Gasteiger partial charge in [0.2, 0.25) is 0 Å². The van der Waals surface area contributed by atoms with Crippen molar-refractivity contribution in [3.05, 3.63) is 23.8 Å². The maximum atomic E-state index is 5.38. The van der Waals surface area contributed by atoms with Gasteiger partial charge in [-0.25, -0.2) is 0 Å². The van der Waals surface area contributed by atoms with E-state index in [2.05, 4.69) is 12.2 Å². The summed E-state index contributed by atoms with van der Waals surface area (Å²) in [7, 11) is 3.39. The van der Waals surface area contributed by atoms with Crippen LogP contribution in [0.5, 0.6) is 11.5 Å². The zero-order valence-corrected chi connectivity index (χ0v) is 10.6. The van der Waals surface area contributed by atoms with Gasteiger partial charge >= 0.3 is 0 Å². The van der Waals surface area contributed by atoms with Gasteiger partial charge in [0.15, 0.2) is 0 Å². The maximum absolute atomic E-state index is 5.38. The van der Waals surface area contributed by atoms with Crippen molar-refractivity contribution in [1.29, 1.82) is 0 Å². The first-order valence-corrected chi connectivity index (χ1v) is 6.29. The molecule has 0 spiro atoms. The van der Waals surface area contributed by atoms with Gasteiger partial charge in [-0.05, 0) is 18.2 Å². The van der Waals surface area contributed by atoms with Crippen LogP contribution in [0.3, 0.4) is 0 Å². The van der Waals surface area contributed by atoms with Gasteiger partial charge in [-0.3, -0.25) is 0 Å². The van der Waals surface area contributed by atoms with Crippen LogP contribution >= 0.6 is 11.8 Å². The summed E-state index contributed by atoms with van der Waals surface area (Å²) in [6, 6.07) is 5.92. The molecule has 3 nitrogen and oxygen atoms in total. The summed E-state index contributed by atoms with van der Waals surface area (Å²) in [6.45, 7) is 3.26. The average molecular weight is 239 g/mol. The minimum atomic E-state index is 0.306. The minimum Gasteiger partial charge on any atom is -0.497 e. The number of hydrogen-bond donors (Lipinski definition) is 1. The molecule has 4 heteroatoms. The standard InChI is InChI=1S/C12H17NO2S/c1-8-7-13-12(16-8)10-6-9(14-2)4-5-11(10)15-3/h4-6,8,12-13H,7H2,1-3H3. The van der Waals surface area contributed by atoms with E-state index in [1.165, 1.54) is 0 Å². The van der Waals surface area contributed by atoms with E-state index < -0.39 is 0 Å². The van der Waals surface area contributed by atoms with Crippen molar-refractivity contribution in [1.82, 2.24) is 5.32 Å². The molecule has 0 amide bonds. The molecule has 2 atom stereocenters. The summed E-state index contributed by atoms with van der Waals surface area (Å²) in [5, 5.41) is 4.42. The van der Waals surface area contributed by atoms with Crippen molar-refractivity contribution < 1.29 is 9.47 Å². The first kappa shape index (κ1) is 11.6. The Kier molecular flexibility index (Phi) is 3.61. The van der Waals surface area contributed by atoms with Crippen LogP contribution in [0.15, 0.2) is 18.2 Å². The normalized spacial score (nSPS) is 24.4. The van der Waals surface area contributed by atoms with E-state index in [1.54, 1.807) is 14.2 Å². The number of benzene rings is 1. The van der Waals surface area contributed by atoms with Gasteiger partial charge in [-0.1, -0.05) is 6.92 Å². The molecule has 1 aromatic carbocycles. The Morgan fingerprint density at radius 2 is 2.12 bits per heavy atom. The molecule has 2 unspecified atom stereocenters. The van der Waals surface area contributed by atoms with Gasteiger partial charge in [-0.15, -0.1) is 11.8 Å². The number of methoxy groups -OCH3 is 2. The first-order valence-electron chi connectivity index (χ1n) is 5.35. The fraction of sp³-hybridized carbons (Fsp3) is 0.500. The van der Waals surface area contributed by atoms with Gasteiger partial charge in [0, 0.05) is 17.4 Å². The SMILES string of the molecule is COc1ccc(OC)c(C2NCC(C)S2)c1. The fourth-order valence-corrected chi connectivity index (χ4v) is 3.01. The van der Waals surface area contributed by atoms with Gasteiger partial charge in [0.25, 0.3) is 0 Å². The van der Waals surface area contributed by atoms with Gasteiger partial charge < -0.3 is 14.8 Å². The molecule has 1 N–H and O–H groups in total. The summed E-state index contributed by atoms with van der Waals surface area (Å²) >= 11 is 1.92. The van der Waals surface area contributed by atoms with Crippen LogP contribution in [0.2, 0.25) is 0 Å². The number of thioether (sulfide) groups is 1. The van der Waals surface area contributed by atoms with Crippen LogP contribution in [0.1, 0.15) is 17.9 Å². The molecular weight excluding hydrogens is 222 g/mol. The van der Waals surface area contributed by atoms with E-state index in [0.29, 0.717) is 10.6 Å². The molecule has 0 saturated carbocycles. The van der Waals surface area contributed by atoms with E-state index in [9.17, 15) is 0 Å². The third kappa shape index (κ3) is 2.28. The Morgan fingerprint density at radius 1 is 1.31 bits per heavy atom. The van der Waals surface area contributed by atoms with Crippen molar-refractivity contribution in [3.8, 4) is 11.5 Å². The number of hydrogen-bond acceptors (Lipinski definition) is 4. The van der Waals surface area contributed by atoms with E-state index in [4.69, 9.17) is 9.47 Å². The number of nitrogens with one attached hydrogen (secondary N) is 1. The zero-order chi connectivity index (χ0) is 11.5. The molecule has 16 heavy (non-hydrogen) atoms. The van der Waals surface area contributed by atoms with Crippen LogP contribution in [-0.2, 0) is 0 Å². The Hall–Kier alpha value is -0.870. The van der Waals surface area contributed by atoms with Crippen LogP contribution in [0.25, 0.3) is 0 Å². The topological polar surface area (TPSA) is 30.5 Å². The van der Waals surface area contributed by atoms with Crippen LogP contribution < -0.4 is 14.8 Å². The summed E-state index contributed by atoms with van der Waals surface area (Å²) in [5.74, 6) is 1.79. The summed E-state index contributed by atoms with van der Waals surface area (Å²) in [6.07, 6.45) is 0. The molecular formula is C12H17NO2S. The molecule has 2 rings (SSSR count). The number of ether oxygens (including phenoxy) is 2. The summed E-state index contributed by atoms with van der Waals surface area (Å²) in [4.78, 5) is 0. The predicted octanol–water partition coefficient (Wildman–Crippen LogP) is 2.43. The second-order valence-electron chi connectivity index (χ2n) is 3.84. The summed E-state index contributed by atoms with van der Waals surface area (Å²) in [5.41, 5.74) is 1.16. The first-order chi connectivity index (χ1) is 7.74.